The van der Waals surface area contributed by atoms with Crippen molar-refractivity contribution < 1.29 is 9.59 Å². The summed E-state index contributed by atoms with van der Waals surface area (Å²) in [6.07, 6.45) is 1.82. The van der Waals surface area contributed by atoms with Crippen molar-refractivity contribution in [3.63, 3.8) is 0 Å². The highest BCUT2D eigenvalue weighted by atomic mass is 127. The number of hydrogen-bond donors (Lipinski definition) is 0. The van der Waals surface area contributed by atoms with E-state index in [1.54, 1.807) is 6.07 Å². The molecule has 0 N–H and O–H groups in total. The van der Waals surface area contributed by atoms with Crippen LogP contribution >= 0.6 is 46.0 Å². The number of aromatic nitrogens is 1. The van der Waals surface area contributed by atoms with E-state index in [1.807, 2.05) is 44.2 Å². The number of carbonyl (C=O) groups excluding carboxylic acids is 2. The van der Waals surface area contributed by atoms with Crippen LogP contribution in [0.2, 0.25) is 5.02 Å². The van der Waals surface area contributed by atoms with Crippen molar-refractivity contribution >= 4 is 63.2 Å². The largest absolute Gasteiger partial charge is 0.318 e. The summed E-state index contributed by atoms with van der Waals surface area (Å²) in [5.74, 6) is -0.287. The molecule has 4 rings (SSSR count). The van der Waals surface area contributed by atoms with E-state index in [9.17, 15) is 9.59 Å². The molecule has 2 heterocycles. The number of amides is 2. The minimum Gasteiger partial charge on any atom is -0.318 e. The molecule has 0 radical (unpaired) electrons. The fourth-order valence-electron chi connectivity index (χ4n) is 3.67. The third-order valence-electron chi connectivity index (χ3n) is 5.32. The second-order valence-corrected chi connectivity index (χ2v) is 10.0. The number of benzene rings is 2. The highest BCUT2D eigenvalue weighted by molar-refractivity contribution is 14.1. The molecule has 0 saturated carbocycles. The number of aryl methyl sites for hydroxylation is 2. The number of thioether (sulfide) groups is 1. The van der Waals surface area contributed by atoms with Crippen molar-refractivity contribution in [3.05, 3.63) is 90.1 Å². The maximum atomic E-state index is 13.0. The first-order valence-corrected chi connectivity index (χ1v) is 12.0. The third-order valence-corrected chi connectivity index (χ3v) is 7.80. The normalized spacial score (nSPS) is 15.4. The summed E-state index contributed by atoms with van der Waals surface area (Å²) in [6.45, 7) is 6.33. The molecule has 31 heavy (non-hydrogen) atoms. The molecular weight excluding hydrogens is 543 g/mol. The lowest BCUT2D eigenvalue weighted by Crippen LogP contribution is -2.27. The summed E-state index contributed by atoms with van der Waals surface area (Å²) in [5, 5.41) is 0.264. The van der Waals surface area contributed by atoms with Gasteiger partial charge in [0, 0.05) is 25.7 Å². The average Bonchev–Trinajstić information content (AvgIpc) is 3.15. The Morgan fingerprint density at radius 3 is 2.52 bits per heavy atom. The summed E-state index contributed by atoms with van der Waals surface area (Å²) in [7, 11) is 0. The van der Waals surface area contributed by atoms with Crippen molar-refractivity contribution in [2.45, 2.75) is 27.3 Å². The minimum atomic E-state index is -0.287. The second kappa shape index (κ2) is 8.84. The predicted molar refractivity (Wildman–Crippen MR) is 136 cm³/mol. The number of hydrogen-bond acceptors (Lipinski definition) is 3. The minimum absolute atomic E-state index is 0.169. The Morgan fingerprint density at radius 1 is 1.06 bits per heavy atom. The lowest BCUT2D eigenvalue weighted by Gasteiger charge is -2.13. The van der Waals surface area contributed by atoms with Crippen LogP contribution in [0.4, 0.5) is 4.79 Å². The zero-order chi connectivity index (χ0) is 22.3. The number of imide groups is 1. The molecule has 0 bridgehead atoms. The van der Waals surface area contributed by atoms with E-state index in [4.69, 9.17) is 11.6 Å². The first-order chi connectivity index (χ1) is 14.8. The Bertz CT molecular complexity index is 1250. The van der Waals surface area contributed by atoms with Crippen molar-refractivity contribution in [1.29, 1.82) is 0 Å². The molecule has 7 heteroatoms. The predicted octanol–water partition coefficient (Wildman–Crippen LogP) is 6.90. The van der Waals surface area contributed by atoms with Gasteiger partial charge in [-0.25, -0.2) is 0 Å². The third kappa shape index (κ3) is 4.33. The van der Waals surface area contributed by atoms with Gasteiger partial charge in [0.25, 0.3) is 11.1 Å². The van der Waals surface area contributed by atoms with Crippen LogP contribution in [0.1, 0.15) is 28.1 Å². The van der Waals surface area contributed by atoms with Gasteiger partial charge in [-0.3, -0.25) is 14.5 Å². The van der Waals surface area contributed by atoms with E-state index < -0.39 is 0 Å². The molecule has 0 unspecified atom stereocenters. The molecule has 1 saturated heterocycles. The smallest absolute Gasteiger partial charge is 0.293 e. The summed E-state index contributed by atoms with van der Waals surface area (Å²) in [4.78, 5) is 27.2. The lowest BCUT2D eigenvalue weighted by atomic mass is 10.2. The molecule has 2 aromatic carbocycles. The molecule has 3 aromatic rings. The molecule has 1 aliphatic heterocycles. The van der Waals surface area contributed by atoms with Crippen molar-refractivity contribution in [2.24, 2.45) is 0 Å². The zero-order valence-electron chi connectivity index (χ0n) is 17.3. The number of nitrogens with zero attached hydrogens (tertiary/aromatic N) is 2. The van der Waals surface area contributed by atoms with Crippen LogP contribution in [-0.4, -0.2) is 20.6 Å². The Hall–Kier alpha value is -2.03. The van der Waals surface area contributed by atoms with Crippen LogP contribution < -0.4 is 0 Å². The second-order valence-electron chi connectivity index (χ2n) is 7.45. The standard InChI is InChI=1S/C24H20ClIN2O2S/c1-14-10-19(8-9-21(14)26)28-15(2)11-18(16(28)3)12-22-23(29)27(24(30)31-22)13-17-6-4-5-7-20(17)25/h4-12H,13H2,1-3H3/b22-12-. The van der Waals surface area contributed by atoms with Crippen LogP contribution in [0.3, 0.4) is 0 Å². The summed E-state index contributed by atoms with van der Waals surface area (Å²) in [5.41, 5.74) is 6.07. The van der Waals surface area contributed by atoms with Gasteiger partial charge in [0.1, 0.15) is 0 Å². The molecule has 2 amide bonds. The molecule has 1 aromatic heterocycles. The van der Waals surface area contributed by atoms with Gasteiger partial charge in [-0.1, -0.05) is 29.8 Å². The zero-order valence-corrected chi connectivity index (χ0v) is 21.0. The van der Waals surface area contributed by atoms with Crippen LogP contribution in [0, 0.1) is 24.3 Å². The molecule has 158 valence electrons. The van der Waals surface area contributed by atoms with Gasteiger partial charge in [0.2, 0.25) is 0 Å². The van der Waals surface area contributed by atoms with Crippen molar-refractivity contribution in [1.82, 2.24) is 9.47 Å². The Morgan fingerprint density at radius 2 is 1.81 bits per heavy atom. The van der Waals surface area contributed by atoms with Gasteiger partial charge >= 0.3 is 0 Å². The molecule has 4 nitrogen and oxygen atoms in total. The first kappa shape index (κ1) is 22.2. The van der Waals surface area contributed by atoms with Gasteiger partial charge in [0.15, 0.2) is 0 Å². The average molecular weight is 563 g/mol. The van der Waals surface area contributed by atoms with Gasteiger partial charge in [0.05, 0.1) is 11.4 Å². The van der Waals surface area contributed by atoms with Crippen LogP contribution in [0.5, 0.6) is 0 Å². The Kier molecular flexibility index (Phi) is 6.32. The van der Waals surface area contributed by atoms with Gasteiger partial charge < -0.3 is 4.57 Å². The van der Waals surface area contributed by atoms with Gasteiger partial charge in [-0.15, -0.1) is 0 Å². The molecule has 1 aliphatic rings. The van der Waals surface area contributed by atoms with E-state index in [1.165, 1.54) is 14.0 Å². The fourth-order valence-corrected chi connectivity index (χ4v) is 5.03. The Labute approximate surface area is 204 Å². The van der Waals surface area contributed by atoms with E-state index in [2.05, 4.69) is 52.3 Å². The lowest BCUT2D eigenvalue weighted by molar-refractivity contribution is -0.123. The fraction of sp³-hybridized carbons (Fsp3) is 0.167. The van der Waals surface area contributed by atoms with Gasteiger partial charge in [-0.2, -0.15) is 0 Å². The molecule has 0 spiro atoms. The topological polar surface area (TPSA) is 42.3 Å². The summed E-state index contributed by atoms with van der Waals surface area (Å²) in [6, 6.07) is 15.6. The quantitative estimate of drug-likeness (QED) is 0.257. The SMILES string of the molecule is Cc1cc(-n2c(C)cc(/C=C3\SC(=O)N(Cc4ccccc4Cl)C3=O)c2C)ccc1I. The monoisotopic (exact) mass is 562 g/mol. The molecular formula is C24H20ClIN2O2S. The van der Waals surface area contributed by atoms with Crippen molar-refractivity contribution in [3.8, 4) is 5.69 Å². The van der Waals surface area contributed by atoms with Crippen LogP contribution in [-0.2, 0) is 11.3 Å². The summed E-state index contributed by atoms with van der Waals surface area (Å²) >= 11 is 9.51. The maximum absolute atomic E-state index is 13.0. The van der Waals surface area contributed by atoms with E-state index in [0.29, 0.717) is 9.93 Å². The van der Waals surface area contributed by atoms with Crippen LogP contribution in [0.25, 0.3) is 11.8 Å². The maximum Gasteiger partial charge on any atom is 0.293 e. The Balaban J connectivity index is 1.65. The van der Waals surface area contributed by atoms with E-state index in [-0.39, 0.29) is 17.7 Å². The first-order valence-electron chi connectivity index (χ1n) is 9.70. The van der Waals surface area contributed by atoms with E-state index in [0.717, 1.165) is 40.0 Å². The molecule has 0 atom stereocenters. The van der Waals surface area contributed by atoms with Gasteiger partial charge in [-0.05, 0) is 108 Å². The molecule has 0 aliphatic carbocycles. The van der Waals surface area contributed by atoms with Crippen molar-refractivity contribution in [2.75, 3.05) is 0 Å². The van der Waals surface area contributed by atoms with Crippen LogP contribution in [0.15, 0.2) is 53.4 Å². The molecule has 1 fully saturated rings. The number of rotatable bonds is 4. The highest BCUT2D eigenvalue weighted by Gasteiger charge is 2.35. The number of halogens is 2. The highest BCUT2D eigenvalue weighted by Crippen LogP contribution is 2.35. The summed E-state index contributed by atoms with van der Waals surface area (Å²) < 4.78 is 3.39. The number of carbonyl (C=O) groups is 2. The van der Waals surface area contributed by atoms with E-state index >= 15 is 0 Å².